The molecule has 0 aliphatic carbocycles. The standard InChI is InChI=1S/C43H23N5.C42H24N4.C37H19N5/c1-44-27-21-18-26(19-22-27)41-43(46-33-15-7-6-14-32(33)45-41)48-35-17-9-5-13-30(35)39-37(48)24-31-29-12-4-8-16-34(29)47-36-23-20-25-10-2-3-11-28(25)38(36)40(39)42(31)47;1-2-13-26(14-3-1)40-42(44-32-19-9-8-18-31(32)43-40)46-34-21-11-7-17-29(34)38-36(46)24-30-28-16-6-10-20-33(28)45-35-23-22-25-12-4-5-15-27(25)37(35)39(38)41(30)45;1-38-36-37(40-27-15-7-6-14-26(27)39-36)42-29-17-9-5-13-24(29)33-31(42)20-25-23-12-4-8-16-28(23)41-30-19-18-21-10-2-3-11-22(21)32(30)34(33)35(25)41/h2-24H;1-24H;2-20H. The first-order chi connectivity index (χ1) is 67.4. The van der Waals surface area contributed by atoms with Crippen molar-refractivity contribution in [2.45, 2.75) is 0 Å². The molecule has 14 heteroatoms. The summed E-state index contributed by atoms with van der Waals surface area (Å²) in [4.78, 5) is 38.6. The number of nitrogens with zero attached hydrogens (tertiary/aromatic N) is 14. The zero-order chi connectivity index (χ0) is 89.0. The molecule has 0 aliphatic heterocycles. The summed E-state index contributed by atoms with van der Waals surface area (Å²) in [6, 6.07) is 141. The number of benzene rings is 20. The van der Waals surface area contributed by atoms with E-state index in [1.165, 1.54) is 174 Å². The smallest absolute Gasteiger partial charge is 0.313 e. The first-order valence-electron chi connectivity index (χ1n) is 45.7. The molecule has 0 bridgehead atoms. The van der Waals surface area contributed by atoms with Crippen LogP contribution < -0.4 is 0 Å². The van der Waals surface area contributed by atoms with E-state index in [0.717, 1.165) is 106 Å². The van der Waals surface area contributed by atoms with Gasteiger partial charge in [-0.15, -0.1) is 4.98 Å². The van der Waals surface area contributed by atoms with Crippen molar-refractivity contribution in [2.24, 2.45) is 0 Å². The van der Waals surface area contributed by atoms with Crippen LogP contribution in [0.5, 0.6) is 0 Å². The van der Waals surface area contributed by atoms with E-state index >= 15 is 0 Å². The summed E-state index contributed by atoms with van der Waals surface area (Å²) >= 11 is 0. The van der Waals surface area contributed by atoms with Crippen molar-refractivity contribution in [3.05, 3.63) is 423 Å². The Kier molecular flexibility index (Phi) is 15.1. The van der Waals surface area contributed by atoms with Gasteiger partial charge in [0.15, 0.2) is 28.7 Å². The number of rotatable bonds is 5. The number of hydrogen-bond donors (Lipinski definition) is 0. The molecular formula is C122H66N14. The predicted octanol–water partition coefficient (Wildman–Crippen LogP) is 31.5. The second kappa shape index (κ2) is 27.8. The Hall–Kier alpha value is -19.0. The molecule has 0 aliphatic rings. The maximum atomic E-state index is 8.07. The fourth-order valence-electron chi connectivity index (χ4n) is 23.2. The van der Waals surface area contributed by atoms with Crippen LogP contribution in [0.1, 0.15) is 0 Å². The monoisotopic (exact) mass is 1730 g/mol. The highest BCUT2D eigenvalue weighted by Gasteiger charge is 2.33. The Morgan fingerprint density at radius 2 is 0.463 bits per heavy atom. The largest absolute Gasteiger partial charge is 0.358 e. The van der Waals surface area contributed by atoms with Crippen LogP contribution in [0.3, 0.4) is 0 Å². The van der Waals surface area contributed by atoms with Gasteiger partial charge in [-0.1, -0.05) is 298 Å². The van der Waals surface area contributed by atoms with Crippen molar-refractivity contribution >= 4 is 257 Å². The van der Waals surface area contributed by atoms with Gasteiger partial charge in [-0.3, -0.25) is 9.13 Å². The number of aromatic nitrogens is 12. The topological polar surface area (TPSA) is 114 Å². The van der Waals surface area contributed by atoms with E-state index in [4.69, 9.17) is 43.0 Å². The van der Waals surface area contributed by atoms with Crippen LogP contribution >= 0.6 is 0 Å². The van der Waals surface area contributed by atoms with E-state index in [2.05, 4.69) is 340 Å². The fourth-order valence-corrected chi connectivity index (χ4v) is 23.2. The van der Waals surface area contributed by atoms with Crippen molar-refractivity contribution in [3.8, 4) is 40.0 Å². The van der Waals surface area contributed by atoms with Gasteiger partial charge in [0.05, 0.1) is 111 Å². The van der Waals surface area contributed by atoms with Gasteiger partial charge < -0.3 is 22.6 Å². The molecule has 0 saturated carbocycles. The molecule has 0 saturated heterocycles. The van der Waals surface area contributed by atoms with Gasteiger partial charge in [-0.2, -0.15) is 0 Å². The molecule has 0 amide bonds. The Morgan fingerprint density at radius 3 is 0.824 bits per heavy atom. The SMILES string of the molecule is [C-]#[N+]c1ccc(-c2nc3ccccc3nc2-n2c3ccccc3c3c4c5c6ccccc6ccc5n5c6ccccc6c(cc32)c45)cc1.[C-]#[N+]c1nc2ccccc2nc1-n1c2ccccc2c2c3c4c5ccccc5ccc4n4c5ccccc5c(cc21)c34.c1ccc(-c2nc3ccccc3nc2-n2c3ccccc3c3c4c5c6ccccc6ccc5n5c6ccccc6c(cc32)c45)cc1. The average Bonchev–Trinajstić information content (AvgIpc) is 1.52. The van der Waals surface area contributed by atoms with Crippen LogP contribution in [0.15, 0.2) is 400 Å². The third-order valence-electron chi connectivity index (χ3n) is 28.7. The van der Waals surface area contributed by atoms with E-state index < -0.39 is 0 Å². The van der Waals surface area contributed by atoms with E-state index in [9.17, 15) is 0 Å². The van der Waals surface area contributed by atoms with Crippen LogP contribution in [-0.2, 0) is 0 Å². The average molecular weight is 1730 g/mol. The number of fused-ring (bicyclic) bond motifs is 39. The summed E-state index contributed by atoms with van der Waals surface area (Å²) in [5, 5.41) is 29.5. The molecular weight excluding hydrogens is 1660 g/mol. The number of para-hydroxylation sites is 12. The quantitative estimate of drug-likeness (QED) is 0.159. The number of hydrogen-bond acceptors (Lipinski definition) is 6. The van der Waals surface area contributed by atoms with Crippen molar-refractivity contribution in [2.75, 3.05) is 0 Å². The van der Waals surface area contributed by atoms with Crippen LogP contribution in [0.4, 0.5) is 11.5 Å². The molecule has 0 spiro atoms. The zero-order valence-electron chi connectivity index (χ0n) is 72.4. The molecule has 32 rings (SSSR count). The zero-order valence-corrected chi connectivity index (χ0v) is 72.4. The summed E-state index contributed by atoms with van der Waals surface area (Å²) in [7, 11) is 0. The molecule has 0 atom stereocenters. The lowest BCUT2D eigenvalue weighted by Gasteiger charge is -2.14. The first kappa shape index (κ1) is 73.8. The fraction of sp³-hybridized carbons (Fsp3) is 0. The molecule has 136 heavy (non-hydrogen) atoms. The molecule has 12 heterocycles. The Morgan fingerprint density at radius 1 is 0.184 bits per heavy atom. The summed E-state index contributed by atoms with van der Waals surface area (Å²) in [6.45, 7) is 15.6. The Labute approximate surface area is 771 Å². The minimum absolute atomic E-state index is 0.293. The molecule has 624 valence electrons. The van der Waals surface area contributed by atoms with Crippen molar-refractivity contribution in [1.82, 2.24) is 56.8 Å². The molecule has 32 aromatic rings. The van der Waals surface area contributed by atoms with Gasteiger partial charge in [0.25, 0.3) is 0 Å². The molecule has 14 nitrogen and oxygen atoms in total. The normalized spacial score (nSPS) is 12.2. The van der Waals surface area contributed by atoms with Crippen LogP contribution in [-0.4, -0.2) is 56.8 Å². The lowest BCUT2D eigenvalue weighted by atomic mass is 9.98. The lowest BCUT2D eigenvalue weighted by molar-refractivity contribution is 1.08. The van der Waals surface area contributed by atoms with Gasteiger partial charge in [0, 0.05) is 108 Å². The third-order valence-corrected chi connectivity index (χ3v) is 28.7. The Balaban J connectivity index is 0.0000000971. The highest BCUT2D eigenvalue weighted by atomic mass is 15.1. The van der Waals surface area contributed by atoms with Crippen molar-refractivity contribution < 1.29 is 0 Å². The second-order valence-electron chi connectivity index (χ2n) is 35.5. The highest BCUT2D eigenvalue weighted by Crippen LogP contribution is 2.54. The second-order valence-corrected chi connectivity index (χ2v) is 35.5. The highest BCUT2D eigenvalue weighted by molar-refractivity contribution is 6.43. The minimum atomic E-state index is 0.293. The Bertz CT molecular complexity index is 11000. The molecule has 20 aromatic carbocycles. The maximum Gasteiger partial charge on any atom is 0.313 e. The van der Waals surface area contributed by atoms with E-state index in [-0.39, 0.29) is 0 Å². The van der Waals surface area contributed by atoms with Crippen molar-refractivity contribution in [3.63, 3.8) is 0 Å². The molecule has 0 N–H and O–H groups in total. The molecule has 0 radical (unpaired) electrons. The van der Waals surface area contributed by atoms with E-state index in [1.54, 1.807) is 0 Å². The molecule has 0 fully saturated rings. The summed E-state index contributed by atoms with van der Waals surface area (Å²) in [6.07, 6.45) is 0. The first-order valence-corrected chi connectivity index (χ1v) is 45.7. The molecule has 12 aromatic heterocycles. The minimum Gasteiger partial charge on any atom is -0.358 e. The summed E-state index contributed by atoms with van der Waals surface area (Å²) in [5.41, 5.74) is 26.6. The van der Waals surface area contributed by atoms with Crippen LogP contribution in [0.2, 0.25) is 0 Å². The lowest BCUT2D eigenvalue weighted by Crippen LogP contribution is -2.03. The van der Waals surface area contributed by atoms with Gasteiger partial charge >= 0.3 is 5.82 Å². The summed E-state index contributed by atoms with van der Waals surface area (Å²) < 4.78 is 14.2. The predicted molar refractivity (Wildman–Crippen MR) is 562 cm³/mol. The van der Waals surface area contributed by atoms with Crippen molar-refractivity contribution in [1.29, 1.82) is 0 Å². The van der Waals surface area contributed by atoms with E-state index in [0.29, 0.717) is 17.3 Å². The van der Waals surface area contributed by atoms with E-state index in [1.807, 2.05) is 97.1 Å². The van der Waals surface area contributed by atoms with Gasteiger partial charge in [-0.25, -0.2) is 29.8 Å². The van der Waals surface area contributed by atoms with Gasteiger partial charge in [-0.05, 0) is 142 Å². The van der Waals surface area contributed by atoms with Gasteiger partial charge in [0.2, 0.25) is 0 Å². The van der Waals surface area contributed by atoms with Crippen LogP contribution in [0, 0.1) is 13.1 Å². The maximum absolute atomic E-state index is 8.07. The summed E-state index contributed by atoms with van der Waals surface area (Å²) in [5.74, 6) is 2.45. The third kappa shape index (κ3) is 10.0. The van der Waals surface area contributed by atoms with Gasteiger partial charge in [0.1, 0.15) is 16.9 Å². The van der Waals surface area contributed by atoms with Crippen LogP contribution in [0.25, 0.3) is 295 Å². The molecule has 0 unspecified atom stereocenters.